The smallest absolute Gasteiger partial charge is 0.0498 e. The van der Waals surface area contributed by atoms with E-state index in [4.69, 9.17) is 11.6 Å². The fraction of sp³-hybridized carbons (Fsp3) is 0.529. The van der Waals surface area contributed by atoms with E-state index >= 15 is 0 Å². The van der Waals surface area contributed by atoms with Crippen molar-refractivity contribution in [3.8, 4) is 0 Å². The van der Waals surface area contributed by atoms with Crippen LogP contribution in [-0.4, -0.2) is 22.1 Å². The molecule has 0 spiro atoms. The molecule has 0 bridgehead atoms. The second-order valence-electron chi connectivity index (χ2n) is 5.60. The zero-order valence-electron chi connectivity index (χ0n) is 13.2. The summed E-state index contributed by atoms with van der Waals surface area (Å²) in [6.45, 7) is 8.54. The van der Waals surface area contributed by atoms with Crippen LogP contribution in [0.3, 0.4) is 0 Å². The van der Waals surface area contributed by atoms with Crippen molar-refractivity contribution in [2.75, 3.05) is 11.5 Å². The molecule has 4 heteroatoms. The fourth-order valence-electron chi connectivity index (χ4n) is 2.46. The molecule has 0 radical (unpaired) electrons. The van der Waals surface area contributed by atoms with Crippen LogP contribution in [0.4, 0.5) is 0 Å². The molecule has 0 aliphatic rings. The number of aryl methyl sites for hydroxylation is 1. The Kier molecular flexibility index (Phi) is 6.46. The SMILES string of the molecule is CCSCCCn1cc(CNC(C)C)c2ccc(Cl)cc21. The lowest BCUT2D eigenvalue weighted by atomic mass is 10.1. The van der Waals surface area contributed by atoms with Gasteiger partial charge in [0, 0.05) is 41.3 Å². The average Bonchev–Trinajstić information content (AvgIpc) is 2.79. The molecule has 0 fully saturated rings. The number of nitrogens with zero attached hydrogens (tertiary/aromatic N) is 1. The Morgan fingerprint density at radius 1 is 1.33 bits per heavy atom. The Hall–Kier alpha value is -0.640. The summed E-state index contributed by atoms with van der Waals surface area (Å²) in [6, 6.07) is 6.71. The number of halogens is 1. The minimum atomic E-state index is 0.497. The first-order chi connectivity index (χ1) is 10.1. The van der Waals surface area contributed by atoms with Crippen molar-refractivity contribution in [1.29, 1.82) is 0 Å². The largest absolute Gasteiger partial charge is 0.347 e. The lowest BCUT2D eigenvalue weighted by molar-refractivity contribution is 0.588. The predicted molar refractivity (Wildman–Crippen MR) is 96.5 cm³/mol. The average molecular weight is 325 g/mol. The van der Waals surface area contributed by atoms with E-state index in [1.807, 2.05) is 17.8 Å². The molecule has 2 nitrogen and oxygen atoms in total. The Balaban J connectivity index is 2.20. The predicted octanol–water partition coefficient (Wildman–Crippen LogP) is 4.94. The zero-order valence-corrected chi connectivity index (χ0v) is 14.7. The maximum absolute atomic E-state index is 6.18. The number of fused-ring (bicyclic) bond motifs is 1. The number of benzene rings is 1. The molecule has 0 atom stereocenters. The molecule has 0 amide bonds. The van der Waals surface area contributed by atoms with Crippen LogP contribution in [0.5, 0.6) is 0 Å². The van der Waals surface area contributed by atoms with Gasteiger partial charge in [0.2, 0.25) is 0 Å². The van der Waals surface area contributed by atoms with Crippen LogP contribution in [-0.2, 0) is 13.1 Å². The van der Waals surface area contributed by atoms with Gasteiger partial charge in [-0.3, -0.25) is 0 Å². The van der Waals surface area contributed by atoms with Crippen molar-refractivity contribution >= 4 is 34.3 Å². The van der Waals surface area contributed by atoms with Gasteiger partial charge in [-0.1, -0.05) is 38.4 Å². The molecule has 0 aliphatic heterocycles. The van der Waals surface area contributed by atoms with Gasteiger partial charge in [-0.05, 0) is 35.6 Å². The van der Waals surface area contributed by atoms with Gasteiger partial charge in [0.05, 0.1) is 0 Å². The van der Waals surface area contributed by atoms with E-state index in [9.17, 15) is 0 Å². The van der Waals surface area contributed by atoms with E-state index in [-0.39, 0.29) is 0 Å². The Morgan fingerprint density at radius 3 is 2.86 bits per heavy atom. The number of hydrogen-bond donors (Lipinski definition) is 1. The molecule has 21 heavy (non-hydrogen) atoms. The first-order valence-electron chi connectivity index (χ1n) is 7.70. The normalized spacial score (nSPS) is 11.7. The minimum absolute atomic E-state index is 0.497. The van der Waals surface area contributed by atoms with Crippen molar-refractivity contribution in [3.63, 3.8) is 0 Å². The molecule has 1 N–H and O–H groups in total. The summed E-state index contributed by atoms with van der Waals surface area (Å²) < 4.78 is 2.36. The molecule has 0 aliphatic carbocycles. The van der Waals surface area contributed by atoms with Gasteiger partial charge in [-0.25, -0.2) is 0 Å². The van der Waals surface area contributed by atoms with E-state index in [2.05, 4.69) is 49.0 Å². The summed E-state index contributed by atoms with van der Waals surface area (Å²) in [5.74, 6) is 2.41. The number of thioether (sulfide) groups is 1. The first kappa shape index (κ1) is 16.7. The molecule has 1 aromatic heterocycles. The number of aromatic nitrogens is 1. The number of rotatable bonds is 8. The standard InChI is InChI=1S/C17H25ClN2S/c1-4-21-9-5-8-20-12-14(11-19-13(2)3)16-7-6-15(18)10-17(16)20/h6-7,10,12-13,19H,4-5,8-9,11H2,1-3H3. The molecule has 1 heterocycles. The van der Waals surface area contributed by atoms with Crippen molar-refractivity contribution in [2.24, 2.45) is 0 Å². The van der Waals surface area contributed by atoms with Crippen LogP contribution < -0.4 is 5.32 Å². The van der Waals surface area contributed by atoms with Gasteiger partial charge in [-0.15, -0.1) is 0 Å². The van der Waals surface area contributed by atoms with Gasteiger partial charge in [0.1, 0.15) is 0 Å². The van der Waals surface area contributed by atoms with Gasteiger partial charge in [0.15, 0.2) is 0 Å². The third kappa shape index (κ3) is 4.67. The number of nitrogens with one attached hydrogen (secondary N) is 1. The van der Waals surface area contributed by atoms with Crippen molar-refractivity contribution in [1.82, 2.24) is 9.88 Å². The highest BCUT2D eigenvalue weighted by Gasteiger charge is 2.09. The molecule has 1 aromatic carbocycles. The third-order valence-electron chi connectivity index (χ3n) is 3.52. The van der Waals surface area contributed by atoms with E-state index in [0.717, 1.165) is 18.1 Å². The lowest BCUT2D eigenvalue weighted by Gasteiger charge is -2.06. The molecule has 2 aromatic rings. The topological polar surface area (TPSA) is 17.0 Å². The van der Waals surface area contributed by atoms with Gasteiger partial charge >= 0.3 is 0 Å². The fourth-order valence-corrected chi connectivity index (χ4v) is 3.25. The Bertz CT molecular complexity index is 577. The highest BCUT2D eigenvalue weighted by atomic mass is 35.5. The molecule has 0 unspecified atom stereocenters. The summed E-state index contributed by atoms with van der Waals surface area (Å²) >= 11 is 8.18. The Labute approximate surface area is 137 Å². The second kappa shape index (κ2) is 8.11. The molecule has 2 rings (SSSR count). The molecule has 0 saturated heterocycles. The van der Waals surface area contributed by atoms with Crippen LogP contribution in [0.1, 0.15) is 32.8 Å². The van der Waals surface area contributed by atoms with Crippen molar-refractivity contribution < 1.29 is 0 Å². The monoisotopic (exact) mass is 324 g/mol. The summed E-state index contributed by atoms with van der Waals surface area (Å²) in [6.07, 6.45) is 3.48. The highest BCUT2D eigenvalue weighted by Crippen LogP contribution is 2.25. The quantitative estimate of drug-likeness (QED) is 0.693. The summed E-state index contributed by atoms with van der Waals surface area (Å²) in [4.78, 5) is 0. The minimum Gasteiger partial charge on any atom is -0.347 e. The Morgan fingerprint density at radius 2 is 2.14 bits per heavy atom. The van der Waals surface area contributed by atoms with Crippen LogP contribution in [0.25, 0.3) is 10.9 Å². The van der Waals surface area contributed by atoms with E-state index in [0.29, 0.717) is 6.04 Å². The van der Waals surface area contributed by atoms with Crippen molar-refractivity contribution in [3.05, 3.63) is 35.0 Å². The highest BCUT2D eigenvalue weighted by molar-refractivity contribution is 7.99. The molecule has 116 valence electrons. The maximum atomic E-state index is 6.18. The van der Waals surface area contributed by atoms with E-state index < -0.39 is 0 Å². The van der Waals surface area contributed by atoms with Crippen LogP contribution >= 0.6 is 23.4 Å². The maximum Gasteiger partial charge on any atom is 0.0498 e. The van der Waals surface area contributed by atoms with Crippen LogP contribution in [0.2, 0.25) is 5.02 Å². The van der Waals surface area contributed by atoms with Gasteiger partial charge < -0.3 is 9.88 Å². The molecular weight excluding hydrogens is 300 g/mol. The molecular formula is C17H25ClN2S. The van der Waals surface area contributed by atoms with E-state index in [1.165, 1.54) is 34.4 Å². The first-order valence-corrected chi connectivity index (χ1v) is 9.23. The third-order valence-corrected chi connectivity index (χ3v) is 4.74. The van der Waals surface area contributed by atoms with Gasteiger partial charge in [-0.2, -0.15) is 11.8 Å². The summed E-state index contributed by atoms with van der Waals surface area (Å²) in [7, 11) is 0. The van der Waals surface area contributed by atoms with E-state index in [1.54, 1.807) is 0 Å². The number of hydrogen-bond acceptors (Lipinski definition) is 2. The summed E-state index contributed by atoms with van der Waals surface area (Å²) in [5, 5.41) is 5.64. The van der Waals surface area contributed by atoms with Crippen LogP contribution in [0.15, 0.2) is 24.4 Å². The second-order valence-corrected chi connectivity index (χ2v) is 7.43. The molecule has 0 saturated carbocycles. The zero-order chi connectivity index (χ0) is 15.2. The summed E-state index contributed by atoms with van der Waals surface area (Å²) in [5.41, 5.74) is 2.61. The van der Waals surface area contributed by atoms with Crippen LogP contribution in [0, 0.1) is 0 Å². The van der Waals surface area contributed by atoms with Gasteiger partial charge in [0.25, 0.3) is 0 Å². The van der Waals surface area contributed by atoms with Crippen molar-refractivity contribution in [2.45, 2.75) is 46.3 Å². The lowest BCUT2D eigenvalue weighted by Crippen LogP contribution is -2.21.